The molecule has 2 N–H and O–H groups in total. The minimum absolute atomic E-state index is 0.0849. The van der Waals surface area contributed by atoms with E-state index >= 15 is 0 Å². The molecule has 0 unspecified atom stereocenters. The quantitative estimate of drug-likeness (QED) is 0.520. The van der Waals surface area contributed by atoms with Crippen molar-refractivity contribution in [2.45, 2.75) is 6.92 Å². The van der Waals surface area contributed by atoms with Crippen LogP contribution in [0.5, 0.6) is 5.75 Å². The van der Waals surface area contributed by atoms with Crippen LogP contribution in [0.15, 0.2) is 59.5 Å². The molecule has 0 atom stereocenters. The second kappa shape index (κ2) is 8.17. The Kier molecular flexibility index (Phi) is 5.50. The van der Waals surface area contributed by atoms with Gasteiger partial charge in [0.05, 0.1) is 18.9 Å². The van der Waals surface area contributed by atoms with Crippen LogP contribution < -0.4 is 15.4 Å². The SMILES string of the molecule is COc1cc(NC(=O)C(=O)Nc2ccc(C(C)=O)cc2)ccc1-c1cnco1. The third kappa shape index (κ3) is 4.24. The number of nitrogens with one attached hydrogen (secondary N) is 2. The molecule has 1 aromatic heterocycles. The Morgan fingerprint density at radius 1 is 0.964 bits per heavy atom. The lowest BCUT2D eigenvalue weighted by Crippen LogP contribution is -2.29. The van der Waals surface area contributed by atoms with Gasteiger partial charge in [0.2, 0.25) is 0 Å². The van der Waals surface area contributed by atoms with E-state index in [1.54, 1.807) is 48.7 Å². The third-order valence-corrected chi connectivity index (χ3v) is 3.91. The molecule has 3 aromatic rings. The van der Waals surface area contributed by atoms with E-state index in [4.69, 9.17) is 9.15 Å². The fraction of sp³-hybridized carbons (Fsp3) is 0.100. The van der Waals surface area contributed by atoms with E-state index in [1.165, 1.54) is 20.4 Å². The molecule has 0 bridgehead atoms. The normalized spacial score (nSPS) is 10.2. The Morgan fingerprint density at radius 2 is 1.61 bits per heavy atom. The number of hydrogen-bond acceptors (Lipinski definition) is 6. The zero-order chi connectivity index (χ0) is 20.1. The number of oxazole rings is 1. The summed E-state index contributed by atoms with van der Waals surface area (Å²) in [6, 6.07) is 11.1. The van der Waals surface area contributed by atoms with E-state index < -0.39 is 11.8 Å². The highest BCUT2D eigenvalue weighted by Gasteiger charge is 2.16. The first-order chi connectivity index (χ1) is 13.5. The van der Waals surface area contributed by atoms with Gasteiger partial charge in [0.25, 0.3) is 0 Å². The molecule has 8 heteroatoms. The number of nitrogens with zero attached hydrogens (tertiary/aromatic N) is 1. The number of ether oxygens (including phenoxy) is 1. The lowest BCUT2D eigenvalue weighted by atomic mass is 10.1. The summed E-state index contributed by atoms with van der Waals surface area (Å²) in [4.78, 5) is 39.4. The summed E-state index contributed by atoms with van der Waals surface area (Å²) < 4.78 is 10.6. The molecule has 0 fully saturated rings. The zero-order valence-electron chi connectivity index (χ0n) is 15.2. The largest absolute Gasteiger partial charge is 0.496 e. The van der Waals surface area contributed by atoms with Crippen molar-refractivity contribution >= 4 is 29.0 Å². The van der Waals surface area contributed by atoms with Crippen molar-refractivity contribution in [3.63, 3.8) is 0 Å². The minimum atomic E-state index is -0.842. The van der Waals surface area contributed by atoms with Crippen LogP contribution >= 0.6 is 0 Å². The second-order valence-electron chi connectivity index (χ2n) is 5.82. The highest BCUT2D eigenvalue weighted by Crippen LogP contribution is 2.32. The van der Waals surface area contributed by atoms with Gasteiger partial charge in [-0.25, -0.2) is 4.98 Å². The third-order valence-electron chi connectivity index (χ3n) is 3.91. The number of amides is 2. The summed E-state index contributed by atoms with van der Waals surface area (Å²) in [5, 5.41) is 4.98. The van der Waals surface area contributed by atoms with E-state index in [1.807, 2.05) is 0 Å². The van der Waals surface area contributed by atoms with Gasteiger partial charge in [-0.2, -0.15) is 0 Å². The molecular weight excluding hydrogens is 362 g/mol. The Balaban J connectivity index is 1.68. The molecule has 28 heavy (non-hydrogen) atoms. The maximum atomic E-state index is 12.2. The first kappa shape index (κ1) is 18.8. The molecule has 0 spiro atoms. The lowest BCUT2D eigenvalue weighted by molar-refractivity contribution is -0.132. The number of Topliss-reactive ketones (excluding diaryl/α,β-unsaturated/α-hetero) is 1. The molecule has 2 amide bonds. The number of anilines is 2. The molecule has 0 saturated heterocycles. The predicted octanol–water partition coefficient (Wildman–Crippen LogP) is 3.13. The van der Waals surface area contributed by atoms with Crippen LogP contribution in [0, 0.1) is 0 Å². The highest BCUT2D eigenvalue weighted by molar-refractivity contribution is 6.43. The van der Waals surface area contributed by atoms with Gasteiger partial charge in [-0.3, -0.25) is 14.4 Å². The number of carbonyl (C=O) groups excluding carboxylic acids is 3. The van der Waals surface area contributed by atoms with E-state index in [9.17, 15) is 14.4 Å². The summed E-state index contributed by atoms with van der Waals surface area (Å²) in [7, 11) is 1.48. The highest BCUT2D eigenvalue weighted by atomic mass is 16.5. The molecule has 3 rings (SSSR count). The summed E-state index contributed by atoms with van der Waals surface area (Å²) in [6.07, 6.45) is 2.85. The van der Waals surface area contributed by atoms with Gasteiger partial charge in [-0.1, -0.05) is 0 Å². The van der Waals surface area contributed by atoms with Crippen LogP contribution in [0.4, 0.5) is 11.4 Å². The number of methoxy groups -OCH3 is 1. The number of rotatable bonds is 5. The molecule has 1 heterocycles. The van der Waals surface area contributed by atoms with Gasteiger partial charge in [0.15, 0.2) is 17.9 Å². The van der Waals surface area contributed by atoms with E-state index in [-0.39, 0.29) is 5.78 Å². The number of aromatic nitrogens is 1. The predicted molar refractivity (Wildman–Crippen MR) is 102 cm³/mol. The summed E-state index contributed by atoms with van der Waals surface area (Å²) in [5.41, 5.74) is 1.96. The molecular formula is C20H17N3O5. The average molecular weight is 379 g/mol. The van der Waals surface area contributed by atoms with Crippen molar-refractivity contribution in [3.05, 3.63) is 60.6 Å². The molecule has 0 aliphatic carbocycles. The zero-order valence-corrected chi connectivity index (χ0v) is 15.2. The topological polar surface area (TPSA) is 111 Å². The van der Waals surface area contributed by atoms with Crippen LogP contribution in [0.2, 0.25) is 0 Å². The molecule has 142 valence electrons. The van der Waals surface area contributed by atoms with Crippen LogP contribution in [0.1, 0.15) is 17.3 Å². The maximum Gasteiger partial charge on any atom is 0.314 e. The Labute approximate surface area is 160 Å². The van der Waals surface area contributed by atoms with Gasteiger partial charge in [0, 0.05) is 23.0 Å². The minimum Gasteiger partial charge on any atom is -0.496 e. The van der Waals surface area contributed by atoms with Gasteiger partial charge in [-0.05, 0) is 43.3 Å². The molecule has 0 saturated carbocycles. The second-order valence-corrected chi connectivity index (χ2v) is 5.82. The fourth-order valence-electron chi connectivity index (χ4n) is 2.49. The van der Waals surface area contributed by atoms with Gasteiger partial charge in [0.1, 0.15) is 5.75 Å². The number of ketones is 1. The Morgan fingerprint density at radius 3 is 2.18 bits per heavy atom. The number of hydrogen-bond donors (Lipinski definition) is 2. The van der Waals surface area contributed by atoms with Crippen molar-refractivity contribution in [1.82, 2.24) is 4.98 Å². The van der Waals surface area contributed by atoms with Crippen LogP contribution in [0.25, 0.3) is 11.3 Å². The van der Waals surface area contributed by atoms with Crippen molar-refractivity contribution < 1.29 is 23.5 Å². The molecule has 0 aliphatic rings. The lowest BCUT2D eigenvalue weighted by Gasteiger charge is -2.10. The standard InChI is InChI=1S/C20H17N3O5/c1-12(24)13-3-5-14(6-4-13)22-19(25)20(26)23-15-7-8-16(17(9-15)27-2)18-10-21-11-28-18/h3-11H,1-2H3,(H,22,25)(H,23,26). The van der Waals surface area contributed by atoms with E-state index in [0.29, 0.717) is 34.0 Å². The van der Waals surface area contributed by atoms with E-state index in [2.05, 4.69) is 15.6 Å². The fourth-order valence-corrected chi connectivity index (χ4v) is 2.49. The smallest absolute Gasteiger partial charge is 0.314 e. The van der Waals surface area contributed by atoms with Gasteiger partial charge in [-0.15, -0.1) is 0 Å². The van der Waals surface area contributed by atoms with Gasteiger partial charge >= 0.3 is 11.8 Å². The maximum absolute atomic E-state index is 12.2. The van der Waals surface area contributed by atoms with Crippen molar-refractivity contribution in [1.29, 1.82) is 0 Å². The van der Waals surface area contributed by atoms with Crippen LogP contribution in [0.3, 0.4) is 0 Å². The van der Waals surface area contributed by atoms with Crippen LogP contribution in [-0.4, -0.2) is 29.7 Å². The molecule has 0 aliphatic heterocycles. The first-order valence-corrected chi connectivity index (χ1v) is 8.28. The number of benzene rings is 2. The Bertz CT molecular complexity index is 1010. The summed E-state index contributed by atoms with van der Waals surface area (Å²) in [5.74, 6) is -0.798. The van der Waals surface area contributed by atoms with Crippen molar-refractivity contribution in [3.8, 4) is 17.1 Å². The van der Waals surface area contributed by atoms with Crippen LogP contribution in [-0.2, 0) is 9.59 Å². The number of carbonyl (C=O) groups is 3. The molecule has 0 radical (unpaired) electrons. The average Bonchev–Trinajstić information content (AvgIpc) is 3.22. The summed E-state index contributed by atoms with van der Waals surface area (Å²) in [6.45, 7) is 1.45. The van der Waals surface area contributed by atoms with Crippen molar-refractivity contribution in [2.75, 3.05) is 17.7 Å². The Hall–Kier alpha value is -3.94. The van der Waals surface area contributed by atoms with E-state index in [0.717, 1.165) is 0 Å². The molecule has 2 aromatic carbocycles. The van der Waals surface area contributed by atoms with Crippen molar-refractivity contribution in [2.24, 2.45) is 0 Å². The molecule has 8 nitrogen and oxygen atoms in total. The monoisotopic (exact) mass is 379 g/mol. The van der Waals surface area contributed by atoms with Gasteiger partial charge < -0.3 is 19.8 Å². The first-order valence-electron chi connectivity index (χ1n) is 8.28. The summed E-state index contributed by atoms with van der Waals surface area (Å²) >= 11 is 0.